The van der Waals surface area contributed by atoms with Gasteiger partial charge in [0.15, 0.2) is 11.7 Å². The molecule has 180 valence electrons. The summed E-state index contributed by atoms with van der Waals surface area (Å²) in [5, 5.41) is 3.49. The summed E-state index contributed by atoms with van der Waals surface area (Å²) in [7, 11) is 1.80. The van der Waals surface area contributed by atoms with Crippen molar-refractivity contribution in [2.45, 2.75) is 26.1 Å². The minimum atomic E-state index is -0.0518. The Bertz CT molecular complexity index is 913. The van der Waals surface area contributed by atoms with E-state index in [1.54, 1.807) is 19.2 Å². The Labute approximate surface area is 213 Å². The molecule has 0 bridgehead atoms. The zero-order valence-corrected chi connectivity index (χ0v) is 21.7. The van der Waals surface area contributed by atoms with Crippen LogP contribution in [0.4, 0.5) is 0 Å². The number of hydrogen-bond donors (Lipinski definition) is 1. The summed E-state index contributed by atoms with van der Waals surface area (Å²) < 4.78 is 10.9. The highest BCUT2D eigenvalue weighted by Crippen LogP contribution is 2.13. The third kappa shape index (κ3) is 6.94. The Balaban J connectivity index is 0.00000306. The highest BCUT2D eigenvalue weighted by Gasteiger charge is 2.25. The first-order chi connectivity index (χ1) is 15.6. The van der Waals surface area contributed by atoms with Crippen molar-refractivity contribution < 1.29 is 13.9 Å². The second-order valence-electron chi connectivity index (χ2n) is 8.39. The Morgan fingerprint density at radius 1 is 1.09 bits per heavy atom. The lowest BCUT2D eigenvalue weighted by Gasteiger charge is -2.36. The molecule has 2 aromatic rings. The average molecular weight is 567 g/mol. The summed E-state index contributed by atoms with van der Waals surface area (Å²) in [5.74, 6) is 1.21. The largest absolute Gasteiger partial charge is 0.459 e. The number of piperazine rings is 1. The number of carbonyl (C=O) groups excluding carboxylic acids is 1. The van der Waals surface area contributed by atoms with Gasteiger partial charge in [-0.3, -0.25) is 14.7 Å². The van der Waals surface area contributed by atoms with Gasteiger partial charge in [0.1, 0.15) is 0 Å². The molecule has 0 aliphatic carbocycles. The fourth-order valence-electron chi connectivity index (χ4n) is 4.32. The number of nitrogens with one attached hydrogen (secondary N) is 1. The van der Waals surface area contributed by atoms with Crippen LogP contribution in [0, 0.1) is 0 Å². The van der Waals surface area contributed by atoms with E-state index in [1.165, 1.54) is 17.4 Å². The maximum atomic E-state index is 12.5. The molecule has 9 heteroatoms. The maximum Gasteiger partial charge on any atom is 0.289 e. The molecule has 1 N–H and O–H groups in total. The Hall–Kier alpha value is -2.11. The number of carbonyl (C=O) groups is 1. The molecule has 1 amide bonds. The summed E-state index contributed by atoms with van der Waals surface area (Å²) in [5.41, 5.74) is 2.55. The number of aliphatic imine (C=N–C) groups is 1. The van der Waals surface area contributed by atoms with E-state index >= 15 is 0 Å². The molecular formula is C24H34IN5O3. The minimum absolute atomic E-state index is 0. The van der Waals surface area contributed by atoms with Gasteiger partial charge in [-0.15, -0.1) is 24.0 Å². The van der Waals surface area contributed by atoms with E-state index in [0.29, 0.717) is 31.5 Å². The molecule has 4 rings (SSSR count). The molecule has 0 spiro atoms. The lowest BCUT2D eigenvalue weighted by Crippen LogP contribution is -2.53. The first-order valence-corrected chi connectivity index (χ1v) is 11.3. The standard InChI is InChI=1S/C24H33N5O3.HI/c1-19-17-27(12-14-31-19)18-21-6-3-5-20(15-21)16-26-24(25-2)29-10-8-28(9-11-29)23(30)22-7-4-13-32-22;/h3-7,13,15,19H,8-12,14,16-18H2,1-2H3,(H,25,26);1H. The topological polar surface area (TPSA) is 73.6 Å². The third-order valence-electron chi connectivity index (χ3n) is 5.98. The Morgan fingerprint density at radius 3 is 2.55 bits per heavy atom. The highest BCUT2D eigenvalue weighted by molar-refractivity contribution is 14.0. The summed E-state index contributed by atoms with van der Waals surface area (Å²) >= 11 is 0. The third-order valence-corrected chi connectivity index (χ3v) is 5.98. The lowest BCUT2D eigenvalue weighted by atomic mass is 10.1. The highest BCUT2D eigenvalue weighted by atomic mass is 127. The second kappa shape index (κ2) is 12.4. The predicted octanol–water partition coefficient (Wildman–Crippen LogP) is 2.65. The first-order valence-electron chi connectivity index (χ1n) is 11.3. The van der Waals surface area contributed by atoms with Crippen molar-refractivity contribution in [3.63, 3.8) is 0 Å². The van der Waals surface area contributed by atoms with E-state index in [-0.39, 0.29) is 29.9 Å². The number of amides is 1. The minimum Gasteiger partial charge on any atom is -0.459 e. The summed E-state index contributed by atoms with van der Waals surface area (Å²) in [6, 6.07) is 12.2. The molecular weight excluding hydrogens is 533 g/mol. The van der Waals surface area contributed by atoms with Crippen molar-refractivity contribution in [1.29, 1.82) is 0 Å². The maximum absolute atomic E-state index is 12.5. The van der Waals surface area contributed by atoms with Crippen LogP contribution in [0.15, 0.2) is 52.1 Å². The second-order valence-corrected chi connectivity index (χ2v) is 8.39. The fourth-order valence-corrected chi connectivity index (χ4v) is 4.32. The van der Waals surface area contributed by atoms with Gasteiger partial charge in [0.05, 0.1) is 19.0 Å². The smallest absolute Gasteiger partial charge is 0.289 e. The number of guanidine groups is 1. The van der Waals surface area contributed by atoms with Gasteiger partial charge >= 0.3 is 0 Å². The van der Waals surface area contributed by atoms with Crippen LogP contribution in [-0.2, 0) is 17.8 Å². The van der Waals surface area contributed by atoms with Gasteiger partial charge in [-0.2, -0.15) is 0 Å². The number of halogens is 1. The van der Waals surface area contributed by atoms with Crippen LogP contribution in [0.3, 0.4) is 0 Å². The molecule has 3 heterocycles. The Kier molecular flexibility index (Phi) is 9.57. The van der Waals surface area contributed by atoms with Crippen molar-refractivity contribution in [3.05, 3.63) is 59.5 Å². The molecule has 1 aromatic carbocycles. The van der Waals surface area contributed by atoms with E-state index in [2.05, 4.69) is 51.3 Å². The van der Waals surface area contributed by atoms with Crippen LogP contribution in [0.1, 0.15) is 28.6 Å². The zero-order chi connectivity index (χ0) is 22.3. The summed E-state index contributed by atoms with van der Waals surface area (Å²) in [6.07, 6.45) is 1.83. The van der Waals surface area contributed by atoms with E-state index in [1.807, 2.05) is 4.90 Å². The van der Waals surface area contributed by atoms with E-state index in [9.17, 15) is 4.79 Å². The van der Waals surface area contributed by atoms with Gasteiger partial charge in [-0.05, 0) is 30.2 Å². The van der Waals surface area contributed by atoms with Crippen LogP contribution in [0.25, 0.3) is 0 Å². The van der Waals surface area contributed by atoms with Crippen molar-refractivity contribution >= 4 is 35.8 Å². The average Bonchev–Trinajstić information content (AvgIpc) is 3.35. The zero-order valence-electron chi connectivity index (χ0n) is 19.4. The predicted molar refractivity (Wildman–Crippen MR) is 139 cm³/mol. The molecule has 2 aliphatic heterocycles. The number of morpholine rings is 1. The van der Waals surface area contributed by atoms with E-state index in [0.717, 1.165) is 45.3 Å². The normalized spacial score (nSPS) is 19.8. The quantitative estimate of drug-likeness (QED) is 0.341. The SMILES string of the molecule is CN=C(NCc1cccc(CN2CCOC(C)C2)c1)N1CCN(C(=O)c2ccco2)CC1.I. The van der Waals surface area contributed by atoms with Crippen molar-refractivity contribution in [2.24, 2.45) is 4.99 Å². The van der Waals surface area contributed by atoms with Gasteiger partial charge in [0.2, 0.25) is 0 Å². The molecule has 1 atom stereocenters. The van der Waals surface area contributed by atoms with Crippen molar-refractivity contribution in [3.8, 4) is 0 Å². The van der Waals surface area contributed by atoms with Crippen molar-refractivity contribution in [2.75, 3.05) is 52.9 Å². The molecule has 1 aromatic heterocycles. The number of hydrogen-bond acceptors (Lipinski definition) is 5. The van der Waals surface area contributed by atoms with Gasteiger partial charge in [-0.1, -0.05) is 24.3 Å². The van der Waals surface area contributed by atoms with Crippen LogP contribution in [-0.4, -0.2) is 85.6 Å². The monoisotopic (exact) mass is 567 g/mol. The number of ether oxygens (including phenoxy) is 1. The molecule has 0 saturated carbocycles. The molecule has 2 aliphatic rings. The molecule has 8 nitrogen and oxygen atoms in total. The summed E-state index contributed by atoms with van der Waals surface area (Å²) in [6.45, 7) is 9.32. The van der Waals surface area contributed by atoms with E-state index < -0.39 is 0 Å². The van der Waals surface area contributed by atoms with Crippen LogP contribution >= 0.6 is 24.0 Å². The number of furan rings is 1. The Morgan fingerprint density at radius 2 is 1.85 bits per heavy atom. The molecule has 33 heavy (non-hydrogen) atoms. The lowest BCUT2D eigenvalue weighted by molar-refractivity contribution is -0.0212. The van der Waals surface area contributed by atoms with Gasteiger partial charge < -0.3 is 24.3 Å². The van der Waals surface area contributed by atoms with Crippen LogP contribution < -0.4 is 5.32 Å². The summed E-state index contributed by atoms with van der Waals surface area (Å²) in [4.78, 5) is 23.4. The van der Waals surface area contributed by atoms with Crippen molar-refractivity contribution in [1.82, 2.24) is 20.0 Å². The molecule has 2 fully saturated rings. The molecule has 0 radical (unpaired) electrons. The van der Waals surface area contributed by atoms with Gasteiger partial charge in [0.25, 0.3) is 5.91 Å². The van der Waals surface area contributed by atoms with Crippen LogP contribution in [0.5, 0.6) is 0 Å². The fraction of sp³-hybridized carbons (Fsp3) is 0.500. The number of nitrogens with zero attached hydrogens (tertiary/aromatic N) is 4. The molecule has 2 saturated heterocycles. The molecule has 1 unspecified atom stereocenters. The van der Waals surface area contributed by atoms with E-state index in [4.69, 9.17) is 9.15 Å². The number of benzene rings is 1. The number of rotatable bonds is 5. The van der Waals surface area contributed by atoms with Gasteiger partial charge in [-0.25, -0.2) is 0 Å². The first kappa shape index (κ1) is 25.5. The van der Waals surface area contributed by atoms with Gasteiger partial charge in [0, 0.05) is 59.4 Å². The van der Waals surface area contributed by atoms with Crippen LogP contribution in [0.2, 0.25) is 0 Å².